The molecule has 2 heterocycles. The Morgan fingerprint density at radius 2 is 2.04 bits per heavy atom. The summed E-state index contributed by atoms with van der Waals surface area (Å²) in [5.74, 6) is -2.18. The minimum Gasteiger partial charge on any atom is -0.507 e. The molecule has 0 spiro atoms. The number of benzene rings is 1. The fourth-order valence-corrected chi connectivity index (χ4v) is 3.43. The molecule has 1 aromatic carbocycles. The summed E-state index contributed by atoms with van der Waals surface area (Å²) in [6.07, 6.45) is 1.39. The van der Waals surface area contributed by atoms with Crippen LogP contribution in [0.1, 0.15) is 25.6 Å². The van der Waals surface area contributed by atoms with Crippen LogP contribution in [0.3, 0.4) is 0 Å². The zero-order valence-electron chi connectivity index (χ0n) is 13.2. The maximum Gasteiger partial charge on any atom is 0.339 e. The van der Waals surface area contributed by atoms with Crippen LogP contribution in [0.4, 0.5) is 5.69 Å². The van der Waals surface area contributed by atoms with Crippen molar-refractivity contribution in [2.75, 3.05) is 5.32 Å². The zero-order chi connectivity index (χ0) is 18.3. The van der Waals surface area contributed by atoms with Crippen molar-refractivity contribution in [3.05, 3.63) is 50.9 Å². The van der Waals surface area contributed by atoms with Gasteiger partial charge in [0.2, 0.25) is 0 Å². The average Bonchev–Trinajstić information content (AvgIpc) is 2.90. The maximum atomic E-state index is 12.5. The van der Waals surface area contributed by atoms with E-state index in [1.807, 2.05) is 0 Å². The molecule has 1 amide bonds. The molecular weight excluding hydrogens is 346 g/mol. The number of anilines is 1. The van der Waals surface area contributed by atoms with E-state index in [0.717, 1.165) is 17.4 Å². The number of aryl methyl sites for hydroxylation is 2. The lowest BCUT2D eigenvalue weighted by molar-refractivity contribution is 0.0693. The Morgan fingerprint density at radius 1 is 1.32 bits per heavy atom. The Kier molecular flexibility index (Phi) is 4.01. The maximum absolute atomic E-state index is 12.5. The van der Waals surface area contributed by atoms with Gasteiger partial charge in [0.1, 0.15) is 16.1 Å². The first kappa shape index (κ1) is 16.7. The first-order valence-corrected chi connectivity index (χ1v) is 7.93. The molecule has 25 heavy (non-hydrogen) atoms. The molecule has 0 saturated carbocycles. The van der Waals surface area contributed by atoms with Crippen LogP contribution in [-0.4, -0.2) is 31.6 Å². The number of aromatic nitrogens is 2. The first-order chi connectivity index (χ1) is 11.8. The Bertz CT molecular complexity index is 1080. The Labute approximate surface area is 145 Å². The van der Waals surface area contributed by atoms with Gasteiger partial charge in [0.15, 0.2) is 0 Å². The molecule has 9 heteroatoms. The summed E-state index contributed by atoms with van der Waals surface area (Å²) >= 11 is 1.09. The van der Waals surface area contributed by atoms with E-state index in [9.17, 15) is 19.5 Å². The average molecular weight is 359 g/mol. The third kappa shape index (κ3) is 2.85. The van der Waals surface area contributed by atoms with Gasteiger partial charge in [-0.3, -0.25) is 9.59 Å². The predicted molar refractivity (Wildman–Crippen MR) is 92.6 cm³/mol. The van der Waals surface area contributed by atoms with E-state index in [1.165, 1.54) is 23.0 Å². The molecule has 0 atom stereocenters. The van der Waals surface area contributed by atoms with Gasteiger partial charge < -0.3 is 20.1 Å². The first-order valence-electron chi connectivity index (χ1n) is 7.12. The zero-order valence-corrected chi connectivity index (χ0v) is 14.0. The number of carbonyl (C=O) groups excluding carboxylic acids is 1. The van der Waals surface area contributed by atoms with E-state index in [0.29, 0.717) is 20.7 Å². The monoisotopic (exact) mass is 359 g/mol. The largest absolute Gasteiger partial charge is 0.507 e. The molecule has 0 fully saturated rings. The predicted octanol–water partition coefficient (Wildman–Crippen LogP) is 1.96. The highest BCUT2D eigenvalue weighted by molar-refractivity contribution is 7.20. The van der Waals surface area contributed by atoms with Gasteiger partial charge in [-0.15, -0.1) is 11.3 Å². The lowest BCUT2D eigenvalue weighted by Gasteiger charge is -2.06. The van der Waals surface area contributed by atoms with Crippen LogP contribution in [-0.2, 0) is 7.05 Å². The highest BCUT2D eigenvalue weighted by Crippen LogP contribution is 2.28. The Hall–Kier alpha value is -3.20. The lowest BCUT2D eigenvalue weighted by atomic mass is 10.1. The van der Waals surface area contributed by atoms with E-state index >= 15 is 0 Å². The number of phenols is 1. The number of hydrogen-bond donors (Lipinski definition) is 3. The summed E-state index contributed by atoms with van der Waals surface area (Å²) in [4.78, 5) is 40.7. The number of hydrogen-bond acceptors (Lipinski definition) is 6. The molecular formula is C16H13N3O5S. The van der Waals surface area contributed by atoms with Crippen LogP contribution in [0.5, 0.6) is 5.75 Å². The molecule has 0 aliphatic carbocycles. The van der Waals surface area contributed by atoms with Gasteiger partial charge in [0, 0.05) is 12.7 Å². The van der Waals surface area contributed by atoms with E-state index in [1.54, 1.807) is 14.0 Å². The van der Waals surface area contributed by atoms with E-state index < -0.39 is 17.6 Å². The minimum atomic E-state index is -1.31. The quantitative estimate of drug-likeness (QED) is 0.615. The number of nitrogens with one attached hydrogen (secondary N) is 1. The molecule has 0 bridgehead atoms. The van der Waals surface area contributed by atoms with Crippen LogP contribution in [0.2, 0.25) is 0 Å². The smallest absolute Gasteiger partial charge is 0.339 e. The molecule has 0 saturated heterocycles. The van der Waals surface area contributed by atoms with Crippen LogP contribution >= 0.6 is 11.3 Å². The van der Waals surface area contributed by atoms with Gasteiger partial charge in [-0.2, -0.15) is 0 Å². The number of carboxylic acids is 1. The molecule has 8 nitrogen and oxygen atoms in total. The number of thiophene rings is 1. The topological polar surface area (TPSA) is 122 Å². The van der Waals surface area contributed by atoms with Gasteiger partial charge in [-0.1, -0.05) is 0 Å². The van der Waals surface area contributed by atoms with Crippen molar-refractivity contribution in [1.82, 2.24) is 9.55 Å². The van der Waals surface area contributed by atoms with E-state index in [-0.39, 0.29) is 16.8 Å². The summed E-state index contributed by atoms with van der Waals surface area (Å²) in [6.45, 7) is 1.66. The molecule has 0 radical (unpaired) electrons. The van der Waals surface area contributed by atoms with Crippen molar-refractivity contribution in [3.63, 3.8) is 0 Å². The van der Waals surface area contributed by atoms with Crippen molar-refractivity contribution < 1.29 is 19.8 Å². The van der Waals surface area contributed by atoms with Gasteiger partial charge >= 0.3 is 5.97 Å². The molecule has 3 aromatic rings. The van der Waals surface area contributed by atoms with Crippen LogP contribution in [0, 0.1) is 6.92 Å². The van der Waals surface area contributed by atoms with Gasteiger partial charge in [0.25, 0.3) is 11.5 Å². The van der Waals surface area contributed by atoms with Crippen molar-refractivity contribution in [2.24, 2.45) is 7.05 Å². The SMILES string of the molecule is Cc1c(C(=O)Nc2ccc(O)c(C(=O)O)c2)sc2ncn(C)c(=O)c12. The third-order valence-corrected chi connectivity index (χ3v) is 4.90. The number of amides is 1. The number of carboxylic acid groups (broad SMARTS) is 1. The van der Waals surface area contributed by atoms with Gasteiger partial charge in [-0.05, 0) is 30.7 Å². The van der Waals surface area contributed by atoms with E-state index in [4.69, 9.17) is 5.11 Å². The number of aromatic hydroxyl groups is 1. The minimum absolute atomic E-state index is 0.220. The number of aromatic carboxylic acids is 1. The van der Waals surface area contributed by atoms with Gasteiger partial charge in [-0.25, -0.2) is 9.78 Å². The molecule has 0 unspecified atom stereocenters. The lowest BCUT2D eigenvalue weighted by Crippen LogP contribution is -2.17. The fraction of sp³-hybridized carbons (Fsp3) is 0.125. The molecule has 0 aliphatic rings. The number of carbonyl (C=O) groups is 2. The van der Waals surface area contributed by atoms with Crippen molar-refractivity contribution in [3.8, 4) is 5.75 Å². The molecule has 2 aromatic heterocycles. The fourth-order valence-electron chi connectivity index (χ4n) is 2.40. The van der Waals surface area contributed by atoms with E-state index in [2.05, 4.69) is 10.3 Å². The summed E-state index contributed by atoms with van der Waals surface area (Å²) in [5.41, 5.74) is 0.179. The van der Waals surface area contributed by atoms with Crippen molar-refractivity contribution >= 4 is 39.1 Å². The third-order valence-electron chi connectivity index (χ3n) is 3.70. The summed E-state index contributed by atoms with van der Waals surface area (Å²) in [7, 11) is 1.58. The van der Waals surface area contributed by atoms with Crippen LogP contribution < -0.4 is 10.9 Å². The molecule has 128 valence electrons. The highest BCUT2D eigenvalue weighted by atomic mass is 32.1. The Morgan fingerprint density at radius 3 is 2.72 bits per heavy atom. The molecule has 3 N–H and O–H groups in total. The van der Waals surface area contributed by atoms with Crippen molar-refractivity contribution in [1.29, 1.82) is 0 Å². The molecule has 3 rings (SSSR count). The normalized spacial score (nSPS) is 10.8. The summed E-state index contributed by atoms with van der Waals surface area (Å²) in [6, 6.07) is 3.74. The Balaban J connectivity index is 2.00. The second kappa shape index (κ2) is 6.02. The second-order valence-electron chi connectivity index (χ2n) is 5.39. The number of fused-ring (bicyclic) bond motifs is 1. The van der Waals surface area contributed by atoms with Crippen LogP contribution in [0.25, 0.3) is 10.2 Å². The standard InChI is InChI=1S/C16H13N3O5S/c1-7-11-14(17-6-19(2)15(11)22)25-12(7)13(21)18-8-3-4-10(20)9(5-8)16(23)24/h3-6,20H,1-2H3,(H,18,21)(H,23,24). The van der Waals surface area contributed by atoms with Crippen LogP contribution in [0.15, 0.2) is 29.3 Å². The highest BCUT2D eigenvalue weighted by Gasteiger charge is 2.20. The number of nitrogens with zero attached hydrogens (tertiary/aromatic N) is 2. The molecule has 0 aliphatic heterocycles. The summed E-state index contributed by atoms with van der Waals surface area (Å²) in [5, 5.41) is 21.5. The van der Waals surface area contributed by atoms with Gasteiger partial charge in [0.05, 0.1) is 16.6 Å². The van der Waals surface area contributed by atoms with Crippen molar-refractivity contribution in [2.45, 2.75) is 6.92 Å². The second-order valence-corrected chi connectivity index (χ2v) is 6.39. The number of rotatable bonds is 3. The summed E-state index contributed by atoms with van der Waals surface area (Å²) < 4.78 is 1.34.